The van der Waals surface area contributed by atoms with Gasteiger partial charge in [0.15, 0.2) is 12.4 Å². The minimum absolute atomic E-state index is 0.000688. The number of hydrogen-bond acceptors (Lipinski definition) is 5. The fraction of sp³-hybridized carbons (Fsp3) is 0.421. The molecule has 0 spiro atoms. The van der Waals surface area contributed by atoms with E-state index in [4.69, 9.17) is 9.26 Å². The predicted molar refractivity (Wildman–Crippen MR) is 101 cm³/mol. The summed E-state index contributed by atoms with van der Waals surface area (Å²) in [6, 6.07) is 6.69. The molecule has 27 heavy (non-hydrogen) atoms. The number of carbonyl (C=O) groups is 2. The Morgan fingerprint density at radius 2 is 2.15 bits per heavy atom. The Kier molecular flexibility index (Phi) is 5.63. The van der Waals surface area contributed by atoms with Gasteiger partial charge in [0.1, 0.15) is 5.75 Å². The maximum Gasteiger partial charge on any atom is 0.319 e. The molecule has 1 aliphatic rings. The number of rotatable bonds is 6. The van der Waals surface area contributed by atoms with Crippen LogP contribution in [0.1, 0.15) is 32.2 Å². The third-order valence-corrected chi connectivity index (χ3v) is 4.13. The van der Waals surface area contributed by atoms with E-state index in [2.05, 4.69) is 29.6 Å². The van der Waals surface area contributed by atoms with Crippen LogP contribution in [0.5, 0.6) is 5.75 Å². The van der Waals surface area contributed by atoms with Crippen LogP contribution in [0.15, 0.2) is 28.8 Å². The van der Waals surface area contributed by atoms with Crippen LogP contribution in [0.4, 0.5) is 16.2 Å². The molecule has 0 radical (unpaired) electrons. The molecule has 2 aromatic rings. The van der Waals surface area contributed by atoms with Gasteiger partial charge in [-0.2, -0.15) is 0 Å². The molecule has 144 valence electrons. The lowest BCUT2D eigenvalue weighted by atomic mass is 10.1. The average molecular weight is 372 g/mol. The first-order valence-electron chi connectivity index (χ1n) is 9.02. The monoisotopic (exact) mass is 372 g/mol. The lowest BCUT2D eigenvalue weighted by Gasteiger charge is -2.28. The highest BCUT2D eigenvalue weighted by Crippen LogP contribution is 2.34. The number of ether oxygens (including phenoxy) is 1. The number of anilines is 2. The maximum absolute atomic E-state index is 12.1. The molecule has 8 nitrogen and oxygen atoms in total. The van der Waals surface area contributed by atoms with Crippen molar-refractivity contribution in [3.63, 3.8) is 0 Å². The third-order valence-electron chi connectivity index (χ3n) is 4.13. The summed E-state index contributed by atoms with van der Waals surface area (Å²) in [6.45, 7) is 6.94. The van der Waals surface area contributed by atoms with Crippen LogP contribution in [0.3, 0.4) is 0 Å². The summed E-state index contributed by atoms with van der Waals surface area (Å²) < 4.78 is 10.7. The SMILES string of the molecule is CCN1C(=O)COc2cc(NC(=O)NCc3cc(CC(C)C)no3)ccc21. The van der Waals surface area contributed by atoms with Gasteiger partial charge in [-0.25, -0.2) is 4.79 Å². The van der Waals surface area contributed by atoms with E-state index >= 15 is 0 Å². The molecule has 0 saturated heterocycles. The number of carbonyl (C=O) groups excluding carboxylic acids is 2. The van der Waals surface area contributed by atoms with Crippen LogP contribution in [0.2, 0.25) is 0 Å². The van der Waals surface area contributed by atoms with Crippen molar-refractivity contribution in [3.05, 3.63) is 35.7 Å². The zero-order chi connectivity index (χ0) is 19.4. The predicted octanol–water partition coefficient (Wildman–Crippen LogP) is 2.94. The number of urea groups is 1. The largest absolute Gasteiger partial charge is 0.481 e. The number of likely N-dealkylation sites (N-methyl/N-ethyl adjacent to an activating group) is 1. The minimum atomic E-state index is -0.365. The average Bonchev–Trinajstić information content (AvgIpc) is 3.06. The second-order valence-corrected chi connectivity index (χ2v) is 6.80. The van der Waals surface area contributed by atoms with Crippen LogP contribution < -0.4 is 20.3 Å². The number of aromatic nitrogens is 1. The van der Waals surface area contributed by atoms with Gasteiger partial charge in [0.2, 0.25) is 0 Å². The van der Waals surface area contributed by atoms with Crippen LogP contribution in [0, 0.1) is 5.92 Å². The molecular formula is C19H24N4O4. The van der Waals surface area contributed by atoms with Gasteiger partial charge in [0, 0.05) is 24.4 Å². The highest BCUT2D eigenvalue weighted by Gasteiger charge is 2.24. The highest BCUT2D eigenvalue weighted by molar-refractivity contribution is 5.98. The van der Waals surface area contributed by atoms with Crippen LogP contribution in [0.25, 0.3) is 0 Å². The summed E-state index contributed by atoms with van der Waals surface area (Å²) in [7, 11) is 0. The lowest BCUT2D eigenvalue weighted by molar-refractivity contribution is -0.121. The van der Waals surface area contributed by atoms with Crippen LogP contribution >= 0.6 is 0 Å². The molecule has 1 aliphatic heterocycles. The van der Waals surface area contributed by atoms with E-state index in [0.717, 1.165) is 12.1 Å². The second-order valence-electron chi connectivity index (χ2n) is 6.80. The standard InChI is InChI=1S/C19H24N4O4/c1-4-23-16-6-5-13(9-17(16)26-11-18(23)24)21-19(25)20-10-15-8-14(22-27-15)7-12(2)3/h5-6,8-9,12H,4,7,10-11H2,1-3H3,(H2,20,21,25). The molecule has 1 aromatic heterocycles. The maximum atomic E-state index is 12.1. The second kappa shape index (κ2) is 8.11. The number of hydrogen-bond donors (Lipinski definition) is 2. The van der Waals surface area contributed by atoms with Gasteiger partial charge in [-0.1, -0.05) is 19.0 Å². The molecule has 3 rings (SSSR count). The van der Waals surface area contributed by atoms with E-state index < -0.39 is 0 Å². The summed E-state index contributed by atoms with van der Waals surface area (Å²) >= 11 is 0. The molecular weight excluding hydrogens is 348 g/mol. The smallest absolute Gasteiger partial charge is 0.319 e. The molecule has 3 amide bonds. The highest BCUT2D eigenvalue weighted by atomic mass is 16.5. The summed E-state index contributed by atoms with van der Waals surface area (Å²) in [5, 5.41) is 9.47. The number of fused-ring (bicyclic) bond motifs is 1. The van der Waals surface area contributed by atoms with Crippen LogP contribution in [-0.2, 0) is 17.8 Å². The van der Waals surface area contributed by atoms with Gasteiger partial charge in [-0.3, -0.25) is 4.79 Å². The molecule has 0 saturated carbocycles. The van der Waals surface area contributed by atoms with E-state index in [0.29, 0.717) is 35.3 Å². The molecule has 0 bridgehead atoms. The van der Waals surface area contributed by atoms with E-state index in [-0.39, 0.29) is 25.1 Å². The van der Waals surface area contributed by atoms with E-state index in [1.807, 2.05) is 13.0 Å². The Labute approximate surface area is 157 Å². The number of nitrogens with zero attached hydrogens (tertiary/aromatic N) is 2. The van der Waals surface area contributed by atoms with Crippen molar-refractivity contribution in [1.29, 1.82) is 0 Å². The van der Waals surface area contributed by atoms with E-state index in [1.165, 1.54) is 0 Å². The van der Waals surface area contributed by atoms with Gasteiger partial charge in [-0.05, 0) is 31.4 Å². The topological polar surface area (TPSA) is 96.7 Å². The summed E-state index contributed by atoms with van der Waals surface area (Å²) in [4.78, 5) is 25.6. The molecule has 0 atom stereocenters. The lowest BCUT2D eigenvalue weighted by Crippen LogP contribution is -2.38. The summed E-state index contributed by atoms with van der Waals surface area (Å²) in [5.74, 6) is 1.59. The first-order chi connectivity index (χ1) is 13.0. The molecule has 0 fully saturated rings. The minimum Gasteiger partial charge on any atom is -0.481 e. The summed E-state index contributed by atoms with van der Waals surface area (Å²) in [6.07, 6.45) is 0.835. The van der Waals surface area contributed by atoms with Gasteiger partial charge < -0.3 is 24.8 Å². The molecule has 8 heteroatoms. The zero-order valence-corrected chi connectivity index (χ0v) is 15.7. The number of benzene rings is 1. The number of nitrogens with one attached hydrogen (secondary N) is 2. The Balaban J connectivity index is 1.57. The first kappa shape index (κ1) is 18.8. The molecule has 1 aromatic carbocycles. The Morgan fingerprint density at radius 3 is 2.89 bits per heavy atom. The van der Waals surface area contributed by atoms with Gasteiger partial charge >= 0.3 is 6.03 Å². The van der Waals surface area contributed by atoms with Gasteiger partial charge in [0.05, 0.1) is 17.9 Å². The van der Waals surface area contributed by atoms with Crippen molar-refractivity contribution in [2.45, 2.75) is 33.7 Å². The van der Waals surface area contributed by atoms with Crippen molar-refractivity contribution >= 4 is 23.3 Å². The normalized spacial score (nSPS) is 13.3. The molecule has 0 unspecified atom stereocenters. The Morgan fingerprint density at radius 1 is 1.33 bits per heavy atom. The van der Waals surface area contributed by atoms with Crippen molar-refractivity contribution in [3.8, 4) is 5.75 Å². The van der Waals surface area contributed by atoms with E-state index in [1.54, 1.807) is 23.1 Å². The van der Waals surface area contributed by atoms with Crippen molar-refractivity contribution in [2.24, 2.45) is 5.92 Å². The molecule has 2 N–H and O–H groups in total. The van der Waals surface area contributed by atoms with Crippen molar-refractivity contribution < 1.29 is 18.8 Å². The van der Waals surface area contributed by atoms with Crippen LogP contribution in [-0.4, -0.2) is 30.2 Å². The fourth-order valence-electron chi connectivity index (χ4n) is 2.93. The van der Waals surface area contributed by atoms with E-state index in [9.17, 15) is 9.59 Å². The Bertz CT molecular complexity index is 831. The number of amides is 3. The molecule has 2 heterocycles. The summed E-state index contributed by atoms with van der Waals surface area (Å²) in [5.41, 5.74) is 2.16. The quantitative estimate of drug-likeness (QED) is 0.813. The third kappa shape index (κ3) is 4.58. The first-order valence-corrected chi connectivity index (χ1v) is 9.02. The Hall–Kier alpha value is -3.03. The van der Waals surface area contributed by atoms with Gasteiger partial charge in [-0.15, -0.1) is 0 Å². The van der Waals surface area contributed by atoms with Gasteiger partial charge in [0.25, 0.3) is 5.91 Å². The fourth-order valence-corrected chi connectivity index (χ4v) is 2.93. The zero-order valence-electron chi connectivity index (χ0n) is 15.7. The molecule has 0 aliphatic carbocycles. The van der Waals surface area contributed by atoms with Crippen molar-refractivity contribution in [2.75, 3.05) is 23.4 Å². The van der Waals surface area contributed by atoms with Crippen molar-refractivity contribution in [1.82, 2.24) is 10.5 Å².